The van der Waals surface area contributed by atoms with Crippen molar-refractivity contribution in [1.82, 2.24) is 5.32 Å². The van der Waals surface area contributed by atoms with E-state index in [-0.39, 0.29) is 5.82 Å². The predicted octanol–water partition coefficient (Wildman–Crippen LogP) is 4.31. The zero-order chi connectivity index (χ0) is 13.8. The molecule has 100 valence electrons. The van der Waals surface area contributed by atoms with Gasteiger partial charge in [0.25, 0.3) is 0 Å². The van der Waals surface area contributed by atoms with Crippen LogP contribution in [0.15, 0.2) is 46.2 Å². The Kier molecular flexibility index (Phi) is 4.61. The summed E-state index contributed by atoms with van der Waals surface area (Å²) in [6.45, 7) is 4.70. The van der Waals surface area contributed by atoms with Crippen LogP contribution in [0.3, 0.4) is 0 Å². The average molecular weight is 275 g/mol. The van der Waals surface area contributed by atoms with Gasteiger partial charge < -0.3 is 5.32 Å². The maximum Gasteiger partial charge on any atom is 0.128 e. The van der Waals surface area contributed by atoms with Crippen LogP contribution in [0.1, 0.15) is 16.7 Å². The molecule has 0 radical (unpaired) electrons. The molecule has 2 aromatic rings. The molecule has 1 nitrogen and oxygen atoms in total. The minimum Gasteiger partial charge on any atom is -0.316 e. The number of nitrogens with one attached hydrogen (secondary N) is 1. The molecular weight excluding hydrogens is 257 g/mol. The second-order valence-electron chi connectivity index (χ2n) is 4.62. The van der Waals surface area contributed by atoms with E-state index in [0.29, 0.717) is 6.54 Å². The molecule has 0 atom stereocenters. The van der Waals surface area contributed by atoms with Gasteiger partial charge >= 0.3 is 0 Å². The smallest absolute Gasteiger partial charge is 0.128 e. The van der Waals surface area contributed by atoms with Gasteiger partial charge in [-0.3, -0.25) is 0 Å². The van der Waals surface area contributed by atoms with E-state index >= 15 is 0 Å². The van der Waals surface area contributed by atoms with Crippen molar-refractivity contribution in [1.29, 1.82) is 0 Å². The fourth-order valence-corrected chi connectivity index (χ4v) is 3.07. The van der Waals surface area contributed by atoms with Crippen LogP contribution in [0, 0.1) is 19.7 Å². The molecule has 3 heteroatoms. The van der Waals surface area contributed by atoms with Gasteiger partial charge in [0.1, 0.15) is 5.82 Å². The summed E-state index contributed by atoms with van der Waals surface area (Å²) in [5.41, 5.74) is 3.17. The fraction of sp³-hybridized carbons (Fsp3) is 0.250. The Balaban J connectivity index is 2.37. The van der Waals surface area contributed by atoms with Crippen molar-refractivity contribution in [3.63, 3.8) is 0 Å². The standard InChI is InChI=1S/C16H18FNS/c1-11-7-8-12(2)16(9-11)19-15-6-4-5-14(17)13(15)10-18-3/h4-9,18H,10H2,1-3H3. The van der Waals surface area contributed by atoms with E-state index < -0.39 is 0 Å². The third kappa shape index (κ3) is 3.37. The first kappa shape index (κ1) is 14.1. The molecule has 1 N–H and O–H groups in total. The maximum absolute atomic E-state index is 13.9. The minimum atomic E-state index is -0.148. The molecule has 0 saturated carbocycles. The molecule has 0 aliphatic heterocycles. The summed E-state index contributed by atoms with van der Waals surface area (Å²) in [5, 5.41) is 3.02. The summed E-state index contributed by atoms with van der Waals surface area (Å²) >= 11 is 1.63. The lowest BCUT2D eigenvalue weighted by Gasteiger charge is -2.12. The molecule has 0 heterocycles. The van der Waals surface area contributed by atoms with E-state index in [4.69, 9.17) is 0 Å². The van der Waals surface area contributed by atoms with E-state index in [1.807, 2.05) is 13.1 Å². The molecule has 0 spiro atoms. The van der Waals surface area contributed by atoms with E-state index in [9.17, 15) is 4.39 Å². The zero-order valence-corrected chi connectivity index (χ0v) is 12.3. The third-order valence-electron chi connectivity index (χ3n) is 2.99. The van der Waals surface area contributed by atoms with Gasteiger partial charge in [-0.2, -0.15) is 0 Å². The molecule has 0 aliphatic carbocycles. The lowest BCUT2D eigenvalue weighted by molar-refractivity contribution is 0.594. The van der Waals surface area contributed by atoms with Gasteiger partial charge in [-0.1, -0.05) is 30.0 Å². The molecule has 2 rings (SSSR count). The monoisotopic (exact) mass is 275 g/mol. The van der Waals surface area contributed by atoms with Crippen LogP contribution in [0.4, 0.5) is 4.39 Å². The Morgan fingerprint density at radius 3 is 2.63 bits per heavy atom. The van der Waals surface area contributed by atoms with Gasteiger partial charge in [-0.05, 0) is 50.2 Å². The van der Waals surface area contributed by atoms with Crippen LogP contribution in [0.5, 0.6) is 0 Å². The van der Waals surface area contributed by atoms with Crippen LogP contribution in [-0.4, -0.2) is 7.05 Å². The number of halogens is 1. The zero-order valence-electron chi connectivity index (χ0n) is 11.5. The van der Waals surface area contributed by atoms with E-state index in [0.717, 1.165) is 10.5 Å². The van der Waals surface area contributed by atoms with Crippen molar-refractivity contribution in [2.75, 3.05) is 7.05 Å². The first-order valence-electron chi connectivity index (χ1n) is 6.29. The summed E-state index contributed by atoms with van der Waals surface area (Å²) < 4.78 is 13.9. The molecular formula is C16H18FNS. The Morgan fingerprint density at radius 2 is 1.89 bits per heavy atom. The van der Waals surface area contributed by atoms with Gasteiger partial charge in [0.15, 0.2) is 0 Å². The lowest BCUT2D eigenvalue weighted by Crippen LogP contribution is -2.08. The topological polar surface area (TPSA) is 12.0 Å². The van der Waals surface area contributed by atoms with Crippen LogP contribution < -0.4 is 5.32 Å². The molecule has 0 aliphatic rings. The summed E-state index contributed by atoms with van der Waals surface area (Å²) in [6.07, 6.45) is 0. The summed E-state index contributed by atoms with van der Waals surface area (Å²) in [6, 6.07) is 11.6. The second kappa shape index (κ2) is 6.22. The molecule has 0 saturated heterocycles. The SMILES string of the molecule is CNCc1c(F)cccc1Sc1cc(C)ccc1C. The average Bonchev–Trinajstić information content (AvgIpc) is 2.38. The van der Waals surface area contributed by atoms with Gasteiger partial charge in [0.05, 0.1) is 0 Å². The Bertz CT molecular complexity index is 581. The Hall–Kier alpha value is -1.32. The maximum atomic E-state index is 13.9. The Morgan fingerprint density at radius 1 is 1.11 bits per heavy atom. The highest BCUT2D eigenvalue weighted by atomic mass is 32.2. The highest BCUT2D eigenvalue weighted by molar-refractivity contribution is 7.99. The molecule has 2 aromatic carbocycles. The highest BCUT2D eigenvalue weighted by Gasteiger charge is 2.10. The molecule has 0 bridgehead atoms. The van der Waals surface area contributed by atoms with Crippen molar-refractivity contribution in [3.05, 3.63) is 58.9 Å². The molecule has 19 heavy (non-hydrogen) atoms. The van der Waals surface area contributed by atoms with Crippen LogP contribution in [-0.2, 0) is 6.54 Å². The quantitative estimate of drug-likeness (QED) is 0.892. The minimum absolute atomic E-state index is 0.148. The van der Waals surface area contributed by atoms with Crippen molar-refractivity contribution < 1.29 is 4.39 Å². The number of hydrogen-bond donors (Lipinski definition) is 1. The van der Waals surface area contributed by atoms with Crippen LogP contribution in [0.2, 0.25) is 0 Å². The van der Waals surface area contributed by atoms with Gasteiger partial charge in [-0.25, -0.2) is 4.39 Å². The van der Waals surface area contributed by atoms with Gasteiger partial charge in [0.2, 0.25) is 0 Å². The van der Waals surface area contributed by atoms with E-state index in [1.54, 1.807) is 17.8 Å². The molecule has 0 amide bonds. The first-order valence-corrected chi connectivity index (χ1v) is 7.10. The lowest BCUT2D eigenvalue weighted by atomic mass is 10.2. The van der Waals surface area contributed by atoms with Crippen LogP contribution in [0.25, 0.3) is 0 Å². The largest absolute Gasteiger partial charge is 0.316 e. The molecule has 0 unspecified atom stereocenters. The first-order chi connectivity index (χ1) is 9.11. The second-order valence-corrected chi connectivity index (χ2v) is 5.70. The van der Waals surface area contributed by atoms with Crippen molar-refractivity contribution >= 4 is 11.8 Å². The normalized spacial score (nSPS) is 10.7. The van der Waals surface area contributed by atoms with Crippen molar-refractivity contribution in [2.45, 2.75) is 30.2 Å². The number of hydrogen-bond acceptors (Lipinski definition) is 2. The van der Waals surface area contributed by atoms with Crippen molar-refractivity contribution in [2.24, 2.45) is 0 Å². The third-order valence-corrected chi connectivity index (χ3v) is 4.26. The Labute approximate surface area is 118 Å². The number of benzene rings is 2. The fourth-order valence-electron chi connectivity index (χ4n) is 1.92. The number of aryl methyl sites for hydroxylation is 2. The highest BCUT2D eigenvalue weighted by Crippen LogP contribution is 2.34. The molecule has 0 aromatic heterocycles. The van der Waals surface area contributed by atoms with Crippen LogP contribution >= 0.6 is 11.8 Å². The number of rotatable bonds is 4. The van der Waals surface area contributed by atoms with Gasteiger partial charge in [-0.15, -0.1) is 0 Å². The summed E-state index contributed by atoms with van der Waals surface area (Å²) in [5.74, 6) is -0.148. The summed E-state index contributed by atoms with van der Waals surface area (Å²) in [4.78, 5) is 2.16. The predicted molar refractivity (Wildman–Crippen MR) is 79.2 cm³/mol. The van der Waals surface area contributed by atoms with Crippen molar-refractivity contribution in [3.8, 4) is 0 Å². The van der Waals surface area contributed by atoms with E-state index in [1.165, 1.54) is 22.1 Å². The van der Waals surface area contributed by atoms with Gasteiger partial charge in [0, 0.05) is 21.9 Å². The van der Waals surface area contributed by atoms with E-state index in [2.05, 4.69) is 37.4 Å². The molecule has 0 fully saturated rings. The summed E-state index contributed by atoms with van der Waals surface area (Å²) in [7, 11) is 1.83.